The van der Waals surface area contributed by atoms with Gasteiger partial charge in [-0.1, -0.05) is 30.3 Å². The van der Waals surface area contributed by atoms with E-state index >= 15 is 0 Å². The number of nitrogens with zero attached hydrogens (tertiary/aromatic N) is 1. The molecule has 1 unspecified atom stereocenters. The summed E-state index contributed by atoms with van der Waals surface area (Å²) in [7, 11) is 1.67. The largest absolute Gasteiger partial charge is 0.497 e. The molecule has 3 aromatic rings. The Hall–Kier alpha value is -2.33. The van der Waals surface area contributed by atoms with Crippen LogP contribution in [0.4, 0.5) is 0 Å². The van der Waals surface area contributed by atoms with Gasteiger partial charge in [-0.15, -0.1) is 11.3 Å². The topological polar surface area (TPSA) is 29.5 Å². The van der Waals surface area contributed by atoms with E-state index in [-0.39, 0.29) is 11.9 Å². The summed E-state index contributed by atoms with van der Waals surface area (Å²) in [5.74, 6) is 0.994. The van der Waals surface area contributed by atoms with E-state index in [2.05, 4.69) is 24.3 Å². The van der Waals surface area contributed by atoms with Crippen LogP contribution >= 0.6 is 11.3 Å². The average Bonchev–Trinajstić information content (AvgIpc) is 3.28. The van der Waals surface area contributed by atoms with Gasteiger partial charge in [0.25, 0.3) is 5.91 Å². The number of hydrogen-bond acceptors (Lipinski definition) is 3. The van der Waals surface area contributed by atoms with Crippen LogP contribution in [-0.4, -0.2) is 24.5 Å². The highest BCUT2D eigenvalue weighted by molar-refractivity contribution is 7.20. The Morgan fingerprint density at radius 1 is 1.17 bits per heavy atom. The third kappa shape index (κ3) is 2.67. The molecule has 1 atom stereocenters. The molecule has 4 heteroatoms. The third-order valence-electron chi connectivity index (χ3n) is 4.65. The molecule has 1 aliphatic heterocycles. The number of carbonyl (C=O) groups excluding carboxylic acids is 1. The number of hydrogen-bond donors (Lipinski definition) is 0. The van der Waals surface area contributed by atoms with Crippen LogP contribution in [0.1, 0.15) is 34.1 Å². The number of rotatable bonds is 3. The van der Waals surface area contributed by atoms with Crippen molar-refractivity contribution < 1.29 is 9.53 Å². The zero-order chi connectivity index (χ0) is 16.5. The minimum absolute atomic E-state index is 0.148. The van der Waals surface area contributed by atoms with Gasteiger partial charge in [-0.05, 0) is 48.1 Å². The van der Waals surface area contributed by atoms with Crippen LogP contribution in [0.3, 0.4) is 0 Å². The van der Waals surface area contributed by atoms with Gasteiger partial charge in [-0.2, -0.15) is 0 Å². The first-order valence-electron chi connectivity index (χ1n) is 8.20. The number of carbonyl (C=O) groups is 1. The van der Waals surface area contributed by atoms with E-state index in [1.54, 1.807) is 18.4 Å². The van der Waals surface area contributed by atoms with E-state index in [9.17, 15) is 4.79 Å². The summed E-state index contributed by atoms with van der Waals surface area (Å²) in [6.45, 7) is 0.823. The lowest BCUT2D eigenvalue weighted by molar-refractivity contribution is 0.0740. The van der Waals surface area contributed by atoms with Crippen LogP contribution in [0, 0.1) is 0 Å². The van der Waals surface area contributed by atoms with Gasteiger partial charge in [-0.25, -0.2) is 0 Å². The normalized spacial score (nSPS) is 17.4. The van der Waals surface area contributed by atoms with Crippen LogP contribution < -0.4 is 4.74 Å². The van der Waals surface area contributed by atoms with E-state index in [0.717, 1.165) is 35.4 Å². The van der Waals surface area contributed by atoms with Crippen LogP contribution in [0.15, 0.2) is 54.6 Å². The molecule has 1 aromatic heterocycles. The summed E-state index contributed by atoms with van der Waals surface area (Å²) in [5.41, 5.74) is 1.18. The summed E-state index contributed by atoms with van der Waals surface area (Å²) < 4.78 is 6.40. The molecule has 1 amide bonds. The molecular formula is C20H19NO2S. The molecule has 2 heterocycles. The summed E-state index contributed by atoms with van der Waals surface area (Å²) in [4.78, 5) is 15.9. The number of methoxy groups -OCH3 is 1. The summed E-state index contributed by atoms with van der Waals surface area (Å²) in [6.07, 6.45) is 2.07. The fraction of sp³-hybridized carbons (Fsp3) is 0.250. The zero-order valence-electron chi connectivity index (χ0n) is 13.6. The highest BCUT2D eigenvalue weighted by atomic mass is 32.1. The summed E-state index contributed by atoms with van der Waals surface area (Å²) in [5, 5.41) is 1.14. The van der Waals surface area contributed by atoms with Crippen molar-refractivity contribution >= 4 is 27.3 Å². The second-order valence-corrected chi connectivity index (χ2v) is 7.16. The van der Waals surface area contributed by atoms with Crippen LogP contribution in [0.2, 0.25) is 0 Å². The lowest BCUT2D eigenvalue weighted by Gasteiger charge is -2.24. The lowest BCUT2D eigenvalue weighted by atomic mass is 10.0. The van der Waals surface area contributed by atoms with Gasteiger partial charge < -0.3 is 9.64 Å². The maximum absolute atomic E-state index is 13.0. The number of ether oxygens (including phenoxy) is 1. The molecule has 0 aliphatic carbocycles. The van der Waals surface area contributed by atoms with Crippen molar-refractivity contribution in [3.05, 3.63) is 65.0 Å². The SMILES string of the molecule is COc1ccc(C2CCCN2C(=O)c2cc3ccccc3s2)cc1. The smallest absolute Gasteiger partial charge is 0.264 e. The monoisotopic (exact) mass is 337 g/mol. The molecule has 0 spiro atoms. The van der Waals surface area contributed by atoms with Gasteiger partial charge in [-0.3, -0.25) is 4.79 Å². The van der Waals surface area contributed by atoms with Crippen LogP contribution in [0.25, 0.3) is 10.1 Å². The van der Waals surface area contributed by atoms with Crippen molar-refractivity contribution in [1.29, 1.82) is 0 Å². The second-order valence-electron chi connectivity index (χ2n) is 6.08. The molecule has 1 saturated heterocycles. The third-order valence-corrected chi connectivity index (χ3v) is 5.75. The van der Waals surface area contributed by atoms with Crippen molar-refractivity contribution in [2.24, 2.45) is 0 Å². The first-order valence-corrected chi connectivity index (χ1v) is 9.01. The molecule has 2 aromatic carbocycles. The molecule has 3 nitrogen and oxygen atoms in total. The molecular weight excluding hydrogens is 318 g/mol. The van der Waals surface area contributed by atoms with Crippen molar-refractivity contribution in [2.75, 3.05) is 13.7 Å². The zero-order valence-corrected chi connectivity index (χ0v) is 14.4. The number of likely N-dealkylation sites (tertiary alicyclic amines) is 1. The molecule has 1 fully saturated rings. The fourth-order valence-electron chi connectivity index (χ4n) is 3.41. The Morgan fingerprint density at radius 3 is 2.71 bits per heavy atom. The molecule has 4 rings (SSSR count). The van der Waals surface area contributed by atoms with Crippen molar-refractivity contribution in [3.63, 3.8) is 0 Å². The molecule has 0 radical (unpaired) electrons. The van der Waals surface area contributed by atoms with Crippen LogP contribution in [-0.2, 0) is 0 Å². The lowest BCUT2D eigenvalue weighted by Crippen LogP contribution is -2.29. The van der Waals surface area contributed by atoms with Gasteiger partial charge in [0.05, 0.1) is 18.0 Å². The molecule has 0 N–H and O–H groups in total. The molecule has 24 heavy (non-hydrogen) atoms. The minimum Gasteiger partial charge on any atom is -0.497 e. The second kappa shape index (κ2) is 6.29. The highest BCUT2D eigenvalue weighted by Gasteiger charge is 2.31. The van der Waals surface area contributed by atoms with E-state index < -0.39 is 0 Å². The van der Waals surface area contributed by atoms with Gasteiger partial charge in [0.2, 0.25) is 0 Å². The number of benzene rings is 2. The quantitative estimate of drug-likeness (QED) is 0.681. The average molecular weight is 337 g/mol. The Kier molecular flexibility index (Phi) is 3.98. The molecule has 0 saturated carbocycles. The van der Waals surface area contributed by atoms with Gasteiger partial charge in [0.1, 0.15) is 5.75 Å². The summed E-state index contributed by atoms with van der Waals surface area (Å²) >= 11 is 1.58. The molecule has 122 valence electrons. The number of amides is 1. The maximum Gasteiger partial charge on any atom is 0.264 e. The number of thiophene rings is 1. The Bertz CT molecular complexity index is 836. The van der Waals surface area contributed by atoms with Crippen molar-refractivity contribution in [1.82, 2.24) is 4.90 Å². The Morgan fingerprint density at radius 2 is 1.96 bits per heavy atom. The maximum atomic E-state index is 13.0. The first-order chi connectivity index (χ1) is 11.8. The van der Waals surface area contributed by atoms with E-state index in [0.29, 0.717) is 0 Å². The predicted molar refractivity (Wildman–Crippen MR) is 97.8 cm³/mol. The molecule has 0 bridgehead atoms. The van der Waals surface area contributed by atoms with Gasteiger partial charge in [0, 0.05) is 11.2 Å². The van der Waals surface area contributed by atoms with Gasteiger partial charge >= 0.3 is 0 Å². The number of fused-ring (bicyclic) bond motifs is 1. The van der Waals surface area contributed by atoms with E-state index in [1.807, 2.05) is 35.2 Å². The Balaban J connectivity index is 1.62. The van der Waals surface area contributed by atoms with Crippen LogP contribution in [0.5, 0.6) is 5.75 Å². The van der Waals surface area contributed by atoms with Crippen molar-refractivity contribution in [3.8, 4) is 5.75 Å². The standard InChI is InChI=1S/C20H19NO2S/c1-23-16-10-8-14(9-11-16)17-6-4-12-21(17)20(22)19-13-15-5-2-3-7-18(15)24-19/h2-3,5,7-11,13,17H,4,6,12H2,1H3. The molecule has 1 aliphatic rings. The predicted octanol–water partition coefficient (Wildman–Crippen LogP) is 4.89. The summed E-state index contributed by atoms with van der Waals surface area (Å²) in [6, 6.07) is 18.4. The van der Waals surface area contributed by atoms with E-state index in [4.69, 9.17) is 4.74 Å². The fourth-order valence-corrected chi connectivity index (χ4v) is 4.43. The van der Waals surface area contributed by atoms with Gasteiger partial charge in [0.15, 0.2) is 0 Å². The first kappa shape index (κ1) is 15.2. The highest BCUT2D eigenvalue weighted by Crippen LogP contribution is 2.35. The van der Waals surface area contributed by atoms with E-state index in [1.165, 1.54) is 10.3 Å². The Labute approximate surface area is 145 Å². The van der Waals surface area contributed by atoms with Crippen molar-refractivity contribution in [2.45, 2.75) is 18.9 Å². The minimum atomic E-state index is 0.148.